The average Bonchev–Trinajstić information content (AvgIpc) is 3.37. The third-order valence-corrected chi connectivity index (χ3v) is 8.59. The lowest BCUT2D eigenvalue weighted by atomic mass is 9.99. The summed E-state index contributed by atoms with van der Waals surface area (Å²) in [4.78, 5) is 24.3. The molecular weight excluding hydrogens is 643 g/mol. The van der Waals surface area contributed by atoms with Crippen LogP contribution in [0.4, 0.5) is 11.4 Å². The number of carbonyl (C=O) groups is 1. The number of amides is 1. The average molecular weight is 675 g/mol. The Morgan fingerprint density at radius 3 is 2.67 bits per heavy atom. The second kappa shape index (κ2) is 12.5. The van der Waals surface area contributed by atoms with Crippen LogP contribution in [0.1, 0.15) is 23.2 Å². The zero-order chi connectivity index (χ0) is 27.5. The predicted octanol–water partition coefficient (Wildman–Crippen LogP) is 5.06. The first kappa shape index (κ1) is 27.5. The maximum absolute atomic E-state index is 12.4. The van der Waals surface area contributed by atoms with Crippen molar-refractivity contribution in [1.29, 1.82) is 0 Å². The SMILES string of the molecule is CNC(=O)c1cnc2c(c1)c(-c1ccc3ncc(NCC4CCOCC4)c(N4CCOCC4)c3c1)cn2SOI. The van der Waals surface area contributed by atoms with Crippen molar-refractivity contribution in [3.05, 3.63) is 48.4 Å². The number of carbonyl (C=O) groups excluding carboxylic acids is 1. The lowest BCUT2D eigenvalue weighted by Gasteiger charge is -2.32. The van der Waals surface area contributed by atoms with Crippen molar-refractivity contribution in [3.63, 3.8) is 0 Å². The number of pyridine rings is 2. The number of anilines is 2. The van der Waals surface area contributed by atoms with Crippen molar-refractivity contribution in [1.82, 2.24) is 19.3 Å². The van der Waals surface area contributed by atoms with Crippen LogP contribution in [-0.4, -0.2) is 73.0 Å². The van der Waals surface area contributed by atoms with Gasteiger partial charge in [0, 0.05) is 68.6 Å². The van der Waals surface area contributed by atoms with E-state index in [4.69, 9.17) is 17.0 Å². The number of rotatable bonds is 8. The molecule has 1 aromatic carbocycles. The van der Waals surface area contributed by atoms with E-state index in [1.165, 1.54) is 12.2 Å². The standard InChI is InChI=1S/C28H31IN6O4S/c1-30-28(36)20-13-21-23(17-35(40-39-29)27(21)33-15-20)19-2-3-24-22(12-19)26(34-6-10-38-11-7-34)25(16-32-24)31-14-18-4-8-37-9-5-18/h2-3,12-13,15-18,31H,4-11,14H2,1H3,(H,30,36). The van der Waals surface area contributed by atoms with E-state index in [-0.39, 0.29) is 5.91 Å². The quantitative estimate of drug-likeness (QED) is 0.196. The van der Waals surface area contributed by atoms with Gasteiger partial charge >= 0.3 is 0 Å². The van der Waals surface area contributed by atoms with E-state index in [1.807, 2.05) is 45.4 Å². The van der Waals surface area contributed by atoms with E-state index in [0.717, 1.165) is 90.1 Å². The number of aromatic nitrogens is 3. The molecule has 2 N–H and O–H groups in total. The fourth-order valence-electron chi connectivity index (χ4n) is 5.47. The summed E-state index contributed by atoms with van der Waals surface area (Å²) in [5, 5.41) is 8.37. The number of nitrogens with zero attached hydrogens (tertiary/aromatic N) is 4. The van der Waals surface area contributed by atoms with Crippen LogP contribution < -0.4 is 15.5 Å². The zero-order valence-electron chi connectivity index (χ0n) is 22.2. The normalized spacial score (nSPS) is 16.5. The molecule has 0 aliphatic carbocycles. The van der Waals surface area contributed by atoms with Gasteiger partial charge in [-0.25, -0.2) is 7.50 Å². The van der Waals surface area contributed by atoms with Gasteiger partial charge < -0.3 is 25.0 Å². The summed E-state index contributed by atoms with van der Waals surface area (Å²) in [5.74, 6) is 0.405. The van der Waals surface area contributed by atoms with Crippen LogP contribution in [0.15, 0.2) is 42.9 Å². The van der Waals surface area contributed by atoms with Crippen LogP contribution >= 0.6 is 35.2 Å². The number of halogens is 1. The fraction of sp³-hybridized carbons (Fsp3) is 0.393. The van der Waals surface area contributed by atoms with Gasteiger partial charge in [-0.1, -0.05) is 6.07 Å². The molecule has 0 saturated carbocycles. The number of benzene rings is 1. The molecular formula is C28H31IN6O4S. The zero-order valence-corrected chi connectivity index (χ0v) is 25.2. The Morgan fingerprint density at radius 1 is 1.10 bits per heavy atom. The molecule has 10 nitrogen and oxygen atoms in total. The van der Waals surface area contributed by atoms with Crippen LogP contribution in [0.3, 0.4) is 0 Å². The Kier molecular flexibility index (Phi) is 8.58. The van der Waals surface area contributed by atoms with Crippen molar-refractivity contribution < 1.29 is 16.8 Å². The highest BCUT2D eigenvalue weighted by atomic mass is 127. The van der Waals surface area contributed by atoms with Crippen LogP contribution in [0.25, 0.3) is 33.1 Å². The molecule has 210 valence electrons. The number of nitrogens with one attached hydrogen (secondary N) is 2. The Labute approximate surface area is 251 Å². The Morgan fingerprint density at radius 2 is 1.90 bits per heavy atom. The molecule has 2 aliphatic rings. The van der Waals surface area contributed by atoms with Gasteiger partial charge in [-0.05, 0) is 42.5 Å². The van der Waals surface area contributed by atoms with Crippen molar-refractivity contribution in [2.24, 2.45) is 5.92 Å². The molecule has 0 spiro atoms. The number of hydrogen-bond acceptors (Lipinski definition) is 9. The number of fused-ring (bicyclic) bond motifs is 2. The Bertz CT molecular complexity index is 1520. The maximum Gasteiger partial charge on any atom is 0.252 e. The predicted molar refractivity (Wildman–Crippen MR) is 167 cm³/mol. The molecule has 6 rings (SSSR count). The summed E-state index contributed by atoms with van der Waals surface area (Å²) in [6.07, 6.45) is 7.70. The molecule has 4 aromatic rings. The van der Waals surface area contributed by atoms with Gasteiger partial charge in [0.05, 0.1) is 41.9 Å². The first-order valence-electron chi connectivity index (χ1n) is 13.4. The summed E-state index contributed by atoms with van der Waals surface area (Å²) in [5.41, 5.74) is 6.33. The summed E-state index contributed by atoms with van der Waals surface area (Å²) < 4.78 is 18.5. The van der Waals surface area contributed by atoms with Gasteiger partial charge in [-0.3, -0.25) is 13.8 Å². The van der Waals surface area contributed by atoms with E-state index < -0.39 is 0 Å². The van der Waals surface area contributed by atoms with Gasteiger partial charge in [0.15, 0.2) is 5.65 Å². The summed E-state index contributed by atoms with van der Waals surface area (Å²) in [6, 6.07) is 8.23. The van der Waals surface area contributed by atoms with Gasteiger partial charge in [-0.15, -0.1) is 0 Å². The molecule has 0 atom stereocenters. The topological polar surface area (TPSA) is 103 Å². The minimum atomic E-state index is -0.177. The van der Waals surface area contributed by atoms with E-state index >= 15 is 0 Å². The molecule has 12 heteroatoms. The number of ether oxygens (including phenoxy) is 2. The minimum absolute atomic E-state index is 0.177. The van der Waals surface area contributed by atoms with Gasteiger partial charge in [0.25, 0.3) is 5.91 Å². The van der Waals surface area contributed by atoms with E-state index in [0.29, 0.717) is 24.7 Å². The lowest BCUT2D eigenvalue weighted by Crippen LogP contribution is -2.37. The molecule has 2 aliphatic heterocycles. The number of hydrogen-bond donors (Lipinski definition) is 2. The molecule has 40 heavy (non-hydrogen) atoms. The first-order chi connectivity index (χ1) is 19.7. The minimum Gasteiger partial charge on any atom is -0.382 e. The second-order valence-corrected chi connectivity index (χ2v) is 11.7. The smallest absolute Gasteiger partial charge is 0.252 e. The third kappa shape index (κ3) is 5.59. The van der Waals surface area contributed by atoms with Crippen molar-refractivity contribution in [3.8, 4) is 11.1 Å². The molecule has 2 saturated heterocycles. The number of morpholine rings is 1. The van der Waals surface area contributed by atoms with Crippen molar-refractivity contribution in [2.45, 2.75) is 12.8 Å². The lowest BCUT2D eigenvalue weighted by molar-refractivity contribution is 0.0699. The molecule has 3 aromatic heterocycles. The monoisotopic (exact) mass is 674 g/mol. The molecule has 2 fully saturated rings. The largest absolute Gasteiger partial charge is 0.382 e. The van der Waals surface area contributed by atoms with Crippen LogP contribution in [0.2, 0.25) is 0 Å². The van der Waals surface area contributed by atoms with Gasteiger partial charge in [-0.2, -0.15) is 0 Å². The van der Waals surface area contributed by atoms with Crippen molar-refractivity contribution in [2.75, 3.05) is 63.3 Å². The third-order valence-electron chi connectivity index (χ3n) is 7.61. The maximum atomic E-state index is 12.4. The van der Waals surface area contributed by atoms with Crippen molar-refractivity contribution >= 4 is 74.5 Å². The van der Waals surface area contributed by atoms with E-state index in [9.17, 15) is 4.79 Å². The highest BCUT2D eigenvalue weighted by Gasteiger charge is 2.22. The van der Waals surface area contributed by atoms with Crippen LogP contribution in [-0.2, 0) is 12.0 Å². The first-order valence-corrected chi connectivity index (χ1v) is 15.0. The molecule has 0 unspecified atom stereocenters. The highest BCUT2D eigenvalue weighted by molar-refractivity contribution is 14.1. The van der Waals surface area contributed by atoms with E-state index in [2.05, 4.69) is 38.7 Å². The molecule has 0 bridgehead atoms. The van der Waals surface area contributed by atoms with E-state index in [1.54, 1.807) is 13.2 Å². The molecule has 0 radical (unpaired) electrons. The second-order valence-electron chi connectivity index (χ2n) is 9.97. The summed E-state index contributed by atoms with van der Waals surface area (Å²) >= 11 is 3.03. The Balaban J connectivity index is 1.46. The van der Waals surface area contributed by atoms with Crippen LogP contribution in [0, 0.1) is 5.92 Å². The summed E-state index contributed by atoms with van der Waals surface area (Å²) in [7, 11) is 1.62. The summed E-state index contributed by atoms with van der Waals surface area (Å²) in [6.45, 7) is 5.56. The van der Waals surface area contributed by atoms with Gasteiger partial charge in [0.2, 0.25) is 0 Å². The Hall–Kier alpha value is -2.65. The molecule has 1 amide bonds. The van der Waals surface area contributed by atoms with Crippen LogP contribution in [0.5, 0.6) is 0 Å². The fourth-order valence-corrected chi connectivity index (χ4v) is 6.42. The molecule has 5 heterocycles. The highest BCUT2D eigenvalue weighted by Crippen LogP contribution is 2.39. The van der Waals surface area contributed by atoms with Gasteiger partial charge in [0.1, 0.15) is 35.2 Å².